The van der Waals surface area contributed by atoms with Crippen LogP contribution in [0.1, 0.15) is 0 Å². The third-order valence-electron chi connectivity index (χ3n) is 10.9. The molecule has 3 heterocycles. The monoisotopic (exact) mass is 748 g/mol. The molecule has 1 N–H and O–H groups in total. The van der Waals surface area contributed by atoms with Gasteiger partial charge in [0.25, 0.3) is 5.69 Å². The van der Waals surface area contributed by atoms with Crippen molar-refractivity contribution >= 4 is 49.3 Å². The van der Waals surface area contributed by atoms with E-state index in [9.17, 15) is 10.1 Å². The van der Waals surface area contributed by atoms with Crippen molar-refractivity contribution in [2.75, 3.05) is 0 Å². The van der Waals surface area contributed by atoms with Gasteiger partial charge in [0.2, 0.25) is 0 Å². The summed E-state index contributed by atoms with van der Waals surface area (Å²) in [6, 6.07) is 68.0. The van der Waals surface area contributed by atoms with Gasteiger partial charge in [-0.1, -0.05) is 140 Å². The number of nitrogens with one attached hydrogen (secondary N) is 1. The van der Waals surface area contributed by atoms with Crippen molar-refractivity contribution in [3.63, 3.8) is 0 Å². The standard InChI is InChI=1S/C26H18N2O2.C26H18N2/c29-28(30)25-12-5-4-11-24(25)22-14-13-20-15-16-27(26(20)18-22)23-10-6-9-21(17-23)19-7-2-1-3-8-19;1-2-7-18(8-3-1)20-9-6-10-21(17-20)28-16-15-19-13-14-23-22-11-4-5-12-24(22)27-25(23)26(19)28/h1-18H;1-17,27H. The van der Waals surface area contributed by atoms with Crippen LogP contribution in [0.5, 0.6) is 0 Å². The average Bonchev–Trinajstić information content (AvgIpc) is 4.03. The number of nitrogens with zero attached hydrogens (tertiary/aromatic N) is 3. The normalized spacial score (nSPS) is 11.2. The van der Waals surface area contributed by atoms with Crippen LogP contribution in [0.3, 0.4) is 0 Å². The van der Waals surface area contributed by atoms with E-state index in [-0.39, 0.29) is 10.6 Å². The van der Waals surface area contributed by atoms with Gasteiger partial charge < -0.3 is 14.1 Å². The predicted molar refractivity (Wildman–Crippen MR) is 239 cm³/mol. The molecular weight excluding hydrogens is 713 g/mol. The molecule has 58 heavy (non-hydrogen) atoms. The lowest BCUT2D eigenvalue weighted by atomic mass is 10.0. The molecule has 11 rings (SSSR count). The maximum Gasteiger partial charge on any atom is 0.277 e. The molecule has 0 unspecified atom stereocenters. The molecule has 0 saturated carbocycles. The van der Waals surface area contributed by atoms with Gasteiger partial charge in [-0.15, -0.1) is 0 Å². The van der Waals surface area contributed by atoms with Gasteiger partial charge in [0.1, 0.15) is 0 Å². The summed E-state index contributed by atoms with van der Waals surface area (Å²) in [6.07, 6.45) is 4.21. The Morgan fingerprint density at radius 3 is 1.76 bits per heavy atom. The summed E-state index contributed by atoms with van der Waals surface area (Å²) in [7, 11) is 0. The van der Waals surface area contributed by atoms with Crippen molar-refractivity contribution in [1.29, 1.82) is 0 Å². The first-order chi connectivity index (χ1) is 28.6. The first kappa shape index (κ1) is 34.5. The van der Waals surface area contributed by atoms with E-state index in [0.717, 1.165) is 33.3 Å². The molecular formula is C52H36N4O2. The summed E-state index contributed by atoms with van der Waals surface area (Å²) in [5.74, 6) is 0. The van der Waals surface area contributed by atoms with Crippen LogP contribution < -0.4 is 0 Å². The molecule has 0 saturated heterocycles. The molecule has 8 aromatic carbocycles. The van der Waals surface area contributed by atoms with E-state index < -0.39 is 0 Å². The summed E-state index contributed by atoms with van der Waals surface area (Å²) >= 11 is 0. The number of aromatic amines is 1. The minimum absolute atomic E-state index is 0.112. The third kappa shape index (κ3) is 6.29. The quantitative estimate of drug-likeness (QED) is 0.136. The Balaban J connectivity index is 0.000000141. The Morgan fingerprint density at radius 1 is 0.448 bits per heavy atom. The second kappa shape index (κ2) is 14.6. The Kier molecular flexibility index (Phi) is 8.69. The van der Waals surface area contributed by atoms with Gasteiger partial charge in [-0.3, -0.25) is 10.1 Å². The zero-order valence-corrected chi connectivity index (χ0v) is 31.4. The Hall–Kier alpha value is -7.96. The largest absolute Gasteiger partial charge is 0.353 e. The first-order valence-corrected chi connectivity index (χ1v) is 19.3. The van der Waals surface area contributed by atoms with Crippen molar-refractivity contribution in [1.82, 2.24) is 14.1 Å². The van der Waals surface area contributed by atoms with E-state index in [4.69, 9.17) is 0 Å². The maximum atomic E-state index is 11.5. The summed E-state index contributed by atoms with van der Waals surface area (Å²) < 4.78 is 4.42. The van der Waals surface area contributed by atoms with E-state index in [1.807, 2.05) is 48.7 Å². The summed E-state index contributed by atoms with van der Waals surface area (Å²) in [4.78, 5) is 14.8. The van der Waals surface area contributed by atoms with Gasteiger partial charge in [0, 0.05) is 51.5 Å². The molecule has 0 bridgehead atoms. The lowest BCUT2D eigenvalue weighted by molar-refractivity contribution is -0.384. The maximum absolute atomic E-state index is 11.5. The Bertz CT molecular complexity index is 3270. The fourth-order valence-electron chi connectivity index (χ4n) is 8.09. The number of nitro groups is 1. The number of rotatable bonds is 6. The van der Waals surface area contributed by atoms with E-state index in [1.165, 1.54) is 49.5 Å². The minimum Gasteiger partial charge on any atom is -0.353 e. The highest BCUT2D eigenvalue weighted by Crippen LogP contribution is 2.35. The van der Waals surface area contributed by atoms with Gasteiger partial charge >= 0.3 is 0 Å². The lowest BCUT2D eigenvalue weighted by Gasteiger charge is -2.10. The zero-order valence-electron chi connectivity index (χ0n) is 31.4. The Labute approximate surface area is 334 Å². The van der Waals surface area contributed by atoms with Crippen LogP contribution in [0.25, 0.3) is 88.4 Å². The molecule has 3 aromatic heterocycles. The Morgan fingerprint density at radius 2 is 1.03 bits per heavy atom. The fraction of sp³-hybridized carbons (Fsp3) is 0. The van der Waals surface area contributed by atoms with Gasteiger partial charge in [-0.2, -0.15) is 0 Å². The lowest BCUT2D eigenvalue weighted by Crippen LogP contribution is -1.94. The second-order valence-electron chi connectivity index (χ2n) is 14.3. The van der Waals surface area contributed by atoms with Gasteiger partial charge in [0.05, 0.1) is 27.0 Å². The number of para-hydroxylation sites is 2. The van der Waals surface area contributed by atoms with Crippen molar-refractivity contribution in [2.45, 2.75) is 0 Å². The van der Waals surface area contributed by atoms with Gasteiger partial charge in [-0.25, -0.2) is 0 Å². The molecule has 0 spiro atoms. The molecule has 0 aliphatic carbocycles. The van der Waals surface area contributed by atoms with Crippen molar-refractivity contribution in [2.24, 2.45) is 0 Å². The molecule has 6 heteroatoms. The van der Waals surface area contributed by atoms with Crippen molar-refractivity contribution in [3.05, 3.63) is 223 Å². The van der Waals surface area contributed by atoms with Crippen molar-refractivity contribution in [3.8, 4) is 44.8 Å². The highest BCUT2D eigenvalue weighted by molar-refractivity contribution is 6.16. The van der Waals surface area contributed by atoms with E-state index in [2.05, 4.69) is 160 Å². The highest BCUT2D eigenvalue weighted by atomic mass is 16.6. The van der Waals surface area contributed by atoms with Crippen LogP contribution in [0.2, 0.25) is 0 Å². The number of benzene rings is 8. The molecule has 0 atom stereocenters. The minimum atomic E-state index is -0.331. The third-order valence-corrected chi connectivity index (χ3v) is 10.9. The number of H-pyrrole nitrogens is 1. The molecule has 0 aliphatic heterocycles. The van der Waals surface area contributed by atoms with E-state index >= 15 is 0 Å². The van der Waals surface area contributed by atoms with Crippen LogP contribution in [0.4, 0.5) is 5.69 Å². The van der Waals surface area contributed by atoms with Crippen LogP contribution in [-0.4, -0.2) is 19.0 Å². The van der Waals surface area contributed by atoms with Crippen LogP contribution >= 0.6 is 0 Å². The molecule has 0 radical (unpaired) electrons. The van der Waals surface area contributed by atoms with Crippen LogP contribution in [0.15, 0.2) is 213 Å². The highest BCUT2D eigenvalue weighted by Gasteiger charge is 2.16. The summed E-state index contributed by atoms with van der Waals surface area (Å²) in [5, 5.41) is 16.3. The fourth-order valence-corrected chi connectivity index (χ4v) is 8.09. The predicted octanol–water partition coefficient (Wildman–Crippen LogP) is 13.8. The van der Waals surface area contributed by atoms with Crippen molar-refractivity contribution < 1.29 is 4.92 Å². The van der Waals surface area contributed by atoms with Crippen LogP contribution in [-0.2, 0) is 0 Å². The number of nitro benzene ring substituents is 1. The number of fused-ring (bicyclic) bond motifs is 6. The summed E-state index contributed by atoms with van der Waals surface area (Å²) in [5.41, 5.74) is 13.1. The van der Waals surface area contributed by atoms with E-state index in [1.54, 1.807) is 18.2 Å². The number of aromatic nitrogens is 3. The molecule has 276 valence electrons. The topological polar surface area (TPSA) is 68.8 Å². The van der Waals surface area contributed by atoms with Gasteiger partial charge in [0.15, 0.2) is 0 Å². The summed E-state index contributed by atoms with van der Waals surface area (Å²) in [6.45, 7) is 0. The van der Waals surface area contributed by atoms with E-state index in [0.29, 0.717) is 5.56 Å². The average molecular weight is 749 g/mol. The molecule has 0 fully saturated rings. The SMILES string of the molecule is O=[N+]([O-])c1ccccc1-c1ccc2ccn(-c3cccc(-c4ccccc4)c3)c2c1.c1ccc(-c2cccc(-n3ccc4ccc5c6ccccc6[nH]c5c43)c2)cc1. The molecule has 0 amide bonds. The second-order valence-corrected chi connectivity index (χ2v) is 14.3. The molecule has 11 aromatic rings. The zero-order chi connectivity index (χ0) is 39.0. The molecule has 6 nitrogen and oxygen atoms in total. The smallest absolute Gasteiger partial charge is 0.277 e. The number of hydrogen-bond acceptors (Lipinski definition) is 2. The van der Waals surface area contributed by atoms with Crippen LogP contribution in [0, 0.1) is 10.1 Å². The van der Waals surface area contributed by atoms with Gasteiger partial charge in [-0.05, 0) is 87.8 Å². The molecule has 0 aliphatic rings. The number of hydrogen-bond donors (Lipinski definition) is 1. The first-order valence-electron chi connectivity index (χ1n) is 19.3.